The van der Waals surface area contributed by atoms with Gasteiger partial charge >= 0.3 is 5.97 Å². The number of nitrogens with one attached hydrogen (secondary N) is 1. The van der Waals surface area contributed by atoms with Crippen LogP contribution < -0.4 is 10.1 Å². The van der Waals surface area contributed by atoms with Gasteiger partial charge in [0.2, 0.25) is 0 Å². The molecule has 2 aromatic rings. The van der Waals surface area contributed by atoms with Crippen molar-refractivity contribution < 1.29 is 19.1 Å². The fourth-order valence-corrected chi connectivity index (χ4v) is 3.17. The highest BCUT2D eigenvalue weighted by Crippen LogP contribution is 2.24. The summed E-state index contributed by atoms with van der Waals surface area (Å²) in [6.45, 7) is 3.87. The lowest BCUT2D eigenvalue weighted by molar-refractivity contribution is -0.147. The van der Waals surface area contributed by atoms with Gasteiger partial charge in [0.15, 0.2) is 6.61 Å². The highest BCUT2D eigenvalue weighted by Gasteiger charge is 2.13. The fraction of sp³-hybridized carbons (Fsp3) is 0.364. The van der Waals surface area contributed by atoms with Gasteiger partial charge in [-0.2, -0.15) is 0 Å². The van der Waals surface area contributed by atoms with Crippen molar-refractivity contribution in [3.05, 3.63) is 58.7 Å². The van der Waals surface area contributed by atoms with Crippen LogP contribution in [0, 0.1) is 13.8 Å². The third-order valence-corrected chi connectivity index (χ3v) is 4.65. The van der Waals surface area contributed by atoms with Crippen molar-refractivity contribution in [2.45, 2.75) is 39.5 Å². The Labute approximate surface area is 159 Å². The molecule has 0 heterocycles. The van der Waals surface area contributed by atoms with Crippen LogP contribution >= 0.6 is 0 Å². The van der Waals surface area contributed by atoms with E-state index in [1.165, 1.54) is 11.1 Å². The highest BCUT2D eigenvalue weighted by atomic mass is 16.5. The summed E-state index contributed by atoms with van der Waals surface area (Å²) < 4.78 is 10.7. The van der Waals surface area contributed by atoms with E-state index in [2.05, 4.69) is 11.4 Å². The van der Waals surface area contributed by atoms with E-state index in [0.717, 1.165) is 41.8 Å². The first-order chi connectivity index (χ1) is 13.0. The number of esters is 1. The molecule has 0 aliphatic heterocycles. The van der Waals surface area contributed by atoms with Crippen molar-refractivity contribution in [1.29, 1.82) is 0 Å². The summed E-state index contributed by atoms with van der Waals surface area (Å²) >= 11 is 0. The predicted molar refractivity (Wildman–Crippen MR) is 104 cm³/mol. The third kappa shape index (κ3) is 5.33. The van der Waals surface area contributed by atoms with Crippen molar-refractivity contribution in [1.82, 2.24) is 0 Å². The first-order valence-electron chi connectivity index (χ1n) is 9.28. The van der Waals surface area contributed by atoms with Gasteiger partial charge < -0.3 is 14.8 Å². The van der Waals surface area contributed by atoms with Crippen LogP contribution in [0.4, 0.5) is 5.69 Å². The number of rotatable bonds is 7. The first-order valence-corrected chi connectivity index (χ1v) is 9.28. The van der Waals surface area contributed by atoms with E-state index in [-0.39, 0.29) is 25.5 Å². The Morgan fingerprint density at radius 1 is 1.04 bits per heavy atom. The van der Waals surface area contributed by atoms with Gasteiger partial charge in [0, 0.05) is 5.69 Å². The topological polar surface area (TPSA) is 64.6 Å². The van der Waals surface area contributed by atoms with Crippen molar-refractivity contribution >= 4 is 17.6 Å². The number of fused-ring (bicyclic) bond motifs is 1. The number of aryl methyl sites for hydroxylation is 4. The molecule has 0 saturated carbocycles. The summed E-state index contributed by atoms with van der Waals surface area (Å²) in [6, 6.07) is 11.9. The summed E-state index contributed by atoms with van der Waals surface area (Å²) in [5.74, 6) is -0.0293. The van der Waals surface area contributed by atoms with E-state index in [9.17, 15) is 9.59 Å². The van der Waals surface area contributed by atoms with Crippen LogP contribution in [0.2, 0.25) is 0 Å². The van der Waals surface area contributed by atoms with Gasteiger partial charge in [0.05, 0.1) is 13.0 Å². The molecule has 0 unspecified atom stereocenters. The van der Waals surface area contributed by atoms with Crippen LogP contribution in [-0.2, 0) is 27.2 Å². The minimum atomic E-state index is -0.454. The summed E-state index contributed by atoms with van der Waals surface area (Å²) in [7, 11) is 0. The molecule has 0 saturated heterocycles. The van der Waals surface area contributed by atoms with Gasteiger partial charge in [-0.25, -0.2) is 0 Å². The molecule has 5 nitrogen and oxygen atoms in total. The predicted octanol–water partition coefficient (Wildman–Crippen LogP) is 3.74. The molecule has 142 valence electrons. The smallest absolute Gasteiger partial charge is 0.309 e. The minimum absolute atomic E-state index is 0.0967. The van der Waals surface area contributed by atoms with E-state index >= 15 is 0 Å². The maximum absolute atomic E-state index is 12.0. The summed E-state index contributed by atoms with van der Waals surface area (Å²) in [5, 5.41) is 2.78. The zero-order valence-electron chi connectivity index (χ0n) is 15.8. The van der Waals surface area contributed by atoms with Gasteiger partial charge in [0.1, 0.15) is 5.75 Å². The van der Waals surface area contributed by atoms with E-state index in [1.807, 2.05) is 44.2 Å². The van der Waals surface area contributed by atoms with Crippen LogP contribution in [-0.4, -0.2) is 25.1 Å². The number of ether oxygens (including phenoxy) is 2. The van der Waals surface area contributed by atoms with Gasteiger partial charge in [-0.15, -0.1) is 0 Å². The van der Waals surface area contributed by atoms with Crippen LogP contribution in [0.1, 0.15) is 35.1 Å². The molecule has 27 heavy (non-hydrogen) atoms. The second kappa shape index (κ2) is 8.71. The van der Waals surface area contributed by atoms with Crippen LogP contribution in [0.5, 0.6) is 5.75 Å². The molecule has 0 radical (unpaired) electrons. The van der Waals surface area contributed by atoms with Gasteiger partial charge in [-0.1, -0.05) is 18.2 Å². The molecule has 5 heteroatoms. The summed E-state index contributed by atoms with van der Waals surface area (Å²) in [4.78, 5) is 23.8. The maximum Gasteiger partial charge on any atom is 0.309 e. The van der Waals surface area contributed by atoms with Crippen molar-refractivity contribution in [2.24, 2.45) is 0 Å². The summed E-state index contributed by atoms with van der Waals surface area (Å²) in [5.41, 5.74) is 5.50. The number of hydrogen-bond acceptors (Lipinski definition) is 4. The van der Waals surface area contributed by atoms with E-state index in [4.69, 9.17) is 9.47 Å². The second-order valence-corrected chi connectivity index (χ2v) is 6.91. The molecule has 0 spiro atoms. The lowest BCUT2D eigenvalue weighted by Gasteiger charge is -2.10. The molecule has 0 atom stereocenters. The van der Waals surface area contributed by atoms with E-state index in [0.29, 0.717) is 0 Å². The molecule has 2 aromatic carbocycles. The van der Waals surface area contributed by atoms with Crippen LogP contribution in [0.25, 0.3) is 0 Å². The van der Waals surface area contributed by atoms with Crippen molar-refractivity contribution in [3.8, 4) is 5.75 Å². The number of carbonyl (C=O) groups excluding carboxylic acids is 2. The molecule has 1 aliphatic carbocycles. The molecule has 3 rings (SSSR count). The molecule has 1 amide bonds. The molecule has 1 N–H and O–H groups in total. The largest absolute Gasteiger partial charge is 0.493 e. The van der Waals surface area contributed by atoms with E-state index < -0.39 is 5.97 Å². The molecule has 0 fully saturated rings. The number of hydrogen-bond donors (Lipinski definition) is 1. The quantitative estimate of drug-likeness (QED) is 0.757. The minimum Gasteiger partial charge on any atom is -0.493 e. The normalized spacial score (nSPS) is 12.4. The summed E-state index contributed by atoms with van der Waals surface area (Å²) in [6.07, 6.45) is 3.41. The first kappa shape index (κ1) is 19.0. The third-order valence-electron chi connectivity index (χ3n) is 4.65. The fourth-order valence-electron chi connectivity index (χ4n) is 3.17. The van der Waals surface area contributed by atoms with Crippen molar-refractivity contribution in [3.63, 3.8) is 0 Å². The highest BCUT2D eigenvalue weighted by molar-refractivity contribution is 5.92. The lowest BCUT2D eigenvalue weighted by atomic mass is 10.1. The SMILES string of the molecule is Cc1ccc(C)c(OCCC(=O)OCC(=O)Nc2ccc3c(c2)CCC3)c1. The van der Waals surface area contributed by atoms with Crippen LogP contribution in [0.15, 0.2) is 36.4 Å². The Kier molecular flexibility index (Phi) is 6.12. The Morgan fingerprint density at radius 3 is 2.70 bits per heavy atom. The van der Waals surface area contributed by atoms with E-state index in [1.54, 1.807) is 0 Å². The standard InChI is InChI=1S/C22H25NO4/c1-15-6-7-16(2)20(12-15)26-11-10-22(25)27-14-21(24)23-19-9-8-17-4-3-5-18(17)13-19/h6-9,12-13H,3-5,10-11,14H2,1-2H3,(H,23,24). The second-order valence-electron chi connectivity index (χ2n) is 6.91. The molecule has 0 aromatic heterocycles. The molecule has 1 aliphatic rings. The number of carbonyl (C=O) groups is 2. The van der Waals surface area contributed by atoms with Crippen LogP contribution in [0.3, 0.4) is 0 Å². The van der Waals surface area contributed by atoms with Crippen molar-refractivity contribution in [2.75, 3.05) is 18.5 Å². The average molecular weight is 367 g/mol. The lowest BCUT2D eigenvalue weighted by Crippen LogP contribution is -2.21. The average Bonchev–Trinajstić information content (AvgIpc) is 3.10. The Morgan fingerprint density at radius 2 is 1.85 bits per heavy atom. The number of anilines is 1. The van der Waals surface area contributed by atoms with Gasteiger partial charge in [0.25, 0.3) is 5.91 Å². The Balaban J connectivity index is 1.38. The monoisotopic (exact) mass is 367 g/mol. The zero-order valence-corrected chi connectivity index (χ0v) is 15.8. The number of benzene rings is 2. The Bertz CT molecular complexity index is 844. The molecular formula is C22H25NO4. The number of amides is 1. The zero-order chi connectivity index (χ0) is 19.2. The van der Waals surface area contributed by atoms with Gasteiger partial charge in [-0.3, -0.25) is 9.59 Å². The molecular weight excluding hydrogens is 342 g/mol. The maximum atomic E-state index is 12.0. The Hall–Kier alpha value is -2.82. The van der Waals surface area contributed by atoms with Gasteiger partial charge in [-0.05, 0) is 73.6 Å². The molecule has 0 bridgehead atoms.